The standard InChI is InChI=1S/C7H13BrO/c1-2-3-4-5-7(8)6-9/h5,9H,2-4,6H2,1H3/b7-5-. The minimum atomic E-state index is 0.129. The summed E-state index contributed by atoms with van der Waals surface area (Å²) in [6, 6.07) is 0. The molecule has 1 N–H and O–H groups in total. The van der Waals surface area contributed by atoms with Crippen LogP contribution in [0.4, 0.5) is 0 Å². The highest BCUT2D eigenvalue weighted by atomic mass is 79.9. The molecule has 0 radical (unpaired) electrons. The fourth-order valence-corrected chi connectivity index (χ4v) is 0.756. The summed E-state index contributed by atoms with van der Waals surface area (Å²) in [5.41, 5.74) is 0. The molecule has 0 amide bonds. The molecular weight excluding hydrogens is 180 g/mol. The van der Waals surface area contributed by atoms with Crippen LogP contribution in [0.1, 0.15) is 26.2 Å². The molecule has 0 saturated heterocycles. The van der Waals surface area contributed by atoms with Crippen LogP contribution < -0.4 is 0 Å². The third kappa shape index (κ3) is 6.06. The van der Waals surface area contributed by atoms with Gasteiger partial charge in [0.15, 0.2) is 0 Å². The summed E-state index contributed by atoms with van der Waals surface area (Å²) in [5.74, 6) is 0. The summed E-state index contributed by atoms with van der Waals surface area (Å²) in [6.45, 7) is 2.28. The maximum Gasteiger partial charge on any atom is 0.0743 e. The van der Waals surface area contributed by atoms with Crippen LogP contribution in [-0.2, 0) is 0 Å². The van der Waals surface area contributed by atoms with E-state index >= 15 is 0 Å². The predicted molar refractivity (Wildman–Crippen MR) is 43.6 cm³/mol. The largest absolute Gasteiger partial charge is 0.391 e. The molecule has 0 heterocycles. The van der Waals surface area contributed by atoms with Gasteiger partial charge in [-0.3, -0.25) is 0 Å². The third-order valence-corrected chi connectivity index (χ3v) is 1.65. The zero-order chi connectivity index (χ0) is 7.11. The fraction of sp³-hybridized carbons (Fsp3) is 0.714. The molecule has 0 fully saturated rings. The van der Waals surface area contributed by atoms with Crippen LogP contribution in [-0.4, -0.2) is 11.7 Å². The van der Waals surface area contributed by atoms with E-state index in [0.717, 1.165) is 10.9 Å². The van der Waals surface area contributed by atoms with Crippen molar-refractivity contribution in [2.45, 2.75) is 26.2 Å². The van der Waals surface area contributed by atoms with Crippen molar-refractivity contribution in [2.24, 2.45) is 0 Å². The number of unbranched alkanes of at least 4 members (excludes halogenated alkanes) is 2. The first kappa shape index (κ1) is 9.18. The second-order valence-corrected chi connectivity index (χ2v) is 2.97. The summed E-state index contributed by atoms with van der Waals surface area (Å²) in [5, 5.41) is 8.52. The zero-order valence-corrected chi connectivity index (χ0v) is 7.32. The maximum atomic E-state index is 8.52. The van der Waals surface area contributed by atoms with Gasteiger partial charge in [-0.1, -0.05) is 41.8 Å². The molecule has 0 aliphatic carbocycles. The molecule has 0 aliphatic rings. The Labute approximate surface area is 64.9 Å². The van der Waals surface area contributed by atoms with Gasteiger partial charge < -0.3 is 5.11 Å². The minimum Gasteiger partial charge on any atom is -0.391 e. The SMILES string of the molecule is CCCC/C=C(\Br)CO. The van der Waals surface area contributed by atoms with Crippen LogP contribution >= 0.6 is 15.9 Å². The number of rotatable bonds is 4. The van der Waals surface area contributed by atoms with Crippen LogP contribution in [0.25, 0.3) is 0 Å². The van der Waals surface area contributed by atoms with Crippen molar-refractivity contribution in [3.8, 4) is 0 Å². The van der Waals surface area contributed by atoms with E-state index in [4.69, 9.17) is 5.11 Å². The fourth-order valence-electron chi connectivity index (χ4n) is 0.527. The molecule has 0 aromatic rings. The number of halogens is 1. The second-order valence-electron chi connectivity index (χ2n) is 1.95. The van der Waals surface area contributed by atoms with Crippen LogP contribution in [0.5, 0.6) is 0 Å². The molecule has 0 bridgehead atoms. The van der Waals surface area contributed by atoms with E-state index in [2.05, 4.69) is 22.9 Å². The number of allylic oxidation sites excluding steroid dienone is 1. The number of hydrogen-bond acceptors (Lipinski definition) is 1. The zero-order valence-electron chi connectivity index (χ0n) is 5.73. The van der Waals surface area contributed by atoms with E-state index < -0.39 is 0 Å². The van der Waals surface area contributed by atoms with Gasteiger partial charge in [-0.15, -0.1) is 0 Å². The van der Waals surface area contributed by atoms with E-state index in [1.165, 1.54) is 12.8 Å². The minimum absolute atomic E-state index is 0.129. The maximum absolute atomic E-state index is 8.52. The molecule has 54 valence electrons. The topological polar surface area (TPSA) is 20.2 Å². The lowest BCUT2D eigenvalue weighted by Crippen LogP contribution is -1.79. The van der Waals surface area contributed by atoms with E-state index in [9.17, 15) is 0 Å². The molecule has 0 saturated carbocycles. The van der Waals surface area contributed by atoms with Gasteiger partial charge in [0.05, 0.1) is 6.61 Å². The summed E-state index contributed by atoms with van der Waals surface area (Å²) >= 11 is 3.22. The van der Waals surface area contributed by atoms with Gasteiger partial charge in [-0.2, -0.15) is 0 Å². The molecule has 1 nitrogen and oxygen atoms in total. The molecule has 0 aromatic carbocycles. The van der Waals surface area contributed by atoms with E-state index in [0.29, 0.717) is 0 Å². The summed E-state index contributed by atoms with van der Waals surface area (Å²) < 4.78 is 0.899. The smallest absolute Gasteiger partial charge is 0.0743 e. The molecule has 9 heavy (non-hydrogen) atoms. The van der Waals surface area contributed by atoms with Crippen molar-refractivity contribution in [1.82, 2.24) is 0 Å². The van der Waals surface area contributed by atoms with E-state index in [1.807, 2.05) is 6.08 Å². The van der Waals surface area contributed by atoms with E-state index in [1.54, 1.807) is 0 Å². The van der Waals surface area contributed by atoms with E-state index in [-0.39, 0.29) is 6.61 Å². The molecule has 0 spiro atoms. The number of aliphatic hydroxyl groups excluding tert-OH is 1. The van der Waals surface area contributed by atoms with Crippen molar-refractivity contribution in [2.75, 3.05) is 6.61 Å². The second kappa shape index (κ2) is 6.30. The first-order chi connectivity index (χ1) is 4.31. The Hall–Kier alpha value is 0.180. The Morgan fingerprint density at radius 3 is 2.78 bits per heavy atom. The monoisotopic (exact) mass is 192 g/mol. The summed E-state index contributed by atoms with van der Waals surface area (Å²) in [6.07, 6.45) is 5.50. The van der Waals surface area contributed by atoms with Crippen LogP contribution in [0.3, 0.4) is 0 Å². The molecule has 0 unspecified atom stereocenters. The predicted octanol–water partition coefficient (Wildman–Crippen LogP) is 2.45. The highest BCUT2D eigenvalue weighted by Crippen LogP contribution is 2.06. The molecular formula is C7H13BrO. The number of aliphatic hydroxyl groups is 1. The van der Waals surface area contributed by atoms with Crippen LogP contribution in [0.15, 0.2) is 10.6 Å². The van der Waals surface area contributed by atoms with Gasteiger partial charge in [-0.25, -0.2) is 0 Å². The van der Waals surface area contributed by atoms with Gasteiger partial charge in [0.2, 0.25) is 0 Å². The molecule has 0 atom stereocenters. The van der Waals surface area contributed by atoms with Crippen molar-refractivity contribution >= 4 is 15.9 Å². The Bertz CT molecular complexity index is 88.9. The number of hydrogen-bond donors (Lipinski definition) is 1. The van der Waals surface area contributed by atoms with Crippen molar-refractivity contribution in [3.05, 3.63) is 10.6 Å². The van der Waals surface area contributed by atoms with Gasteiger partial charge >= 0.3 is 0 Å². The third-order valence-electron chi connectivity index (χ3n) is 1.07. The molecule has 0 aliphatic heterocycles. The van der Waals surface area contributed by atoms with Gasteiger partial charge in [0.25, 0.3) is 0 Å². The lowest BCUT2D eigenvalue weighted by Gasteiger charge is -1.91. The van der Waals surface area contributed by atoms with Crippen molar-refractivity contribution in [1.29, 1.82) is 0 Å². The average molecular weight is 193 g/mol. The first-order valence-electron chi connectivity index (χ1n) is 3.26. The Balaban J connectivity index is 3.21. The van der Waals surface area contributed by atoms with Gasteiger partial charge in [0, 0.05) is 4.48 Å². The molecule has 0 rings (SSSR count). The normalized spacial score (nSPS) is 12.1. The van der Waals surface area contributed by atoms with Crippen LogP contribution in [0, 0.1) is 0 Å². The molecule has 2 heteroatoms. The summed E-state index contributed by atoms with van der Waals surface area (Å²) in [7, 11) is 0. The van der Waals surface area contributed by atoms with Crippen molar-refractivity contribution in [3.63, 3.8) is 0 Å². The average Bonchev–Trinajstić information content (AvgIpc) is 1.89. The lowest BCUT2D eigenvalue weighted by atomic mass is 10.2. The Morgan fingerprint density at radius 1 is 1.67 bits per heavy atom. The van der Waals surface area contributed by atoms with Crippen molar-refractivity contribution < 1.29 is 5.11 Å². The Kier molecular flexibility index (Phi) is 6.43. The highest BCUT2D eigenvalue weighted by molar-refractivity contribution is 9.11. The van der Waals surface area contributed by atoms with Gasteiger partial charge in [0.1, 0.15) is 0 Å². The van der Waals surface area contributed by atoms with Gasteiger partial charge in [-0.05, 0) is 6.42 Å². The summed E-state index contributed by atoms with van der Waals surface area (Å²) in [4.78, 5) is 0. The molecule has 0 aromatic heterocycles. The Morgan fingerprint density at radius 2 is 2.33 bits per heavy atom. The quantitative estimate of drug-likeness (QED) is 0.680. The van der Waals surface area contributed by atoms with Crippen LogP contribution in [0.2, 0.25) is 0 Å². The lowest BCUT2D eigenvalue weighted by molar-refractivity contribution is 0.340. The highest BCUT2D eigenvalue weighted by Gasteiger charge is 1.85. The first-order valence-corrected chi connectivity index (χ1v) is 4.06.